The summed E-state index contributed by atoms with van der Waals surface area (Å²) in [6.45, 7) is 0. The predicted octanol–water partition coefficient (Wildman–Crippen LogP) is -0.575. The summed E-state index contributed by atoms with van der Waals surface area (Å²) in [4.78, 5) is 20.6. The van der Waals surface area contributed by atoms with Crippen LogP contribution >= 0.6 is 7.60 Å². The van der Waals surface area contributed by atoms with Crippen molar-refractivity contribution in [2.45, 2.75) is 6.16 Å². The molecule has 6 heteroatoms. The molecule has 1 aromatic rings. The molecule has 0 aliphatic rings. The molecular formula is C7H7CaO4P. The van der Waals surface area contributed by atoms with E-state index in [9.17, 15) is 14.4 Å². The molecule has 0 unspecified atom stereocenters. The minimum absolute atomic E-state index is 0. The van der Waals surface area contributed by atoms with Crippen molar-refractivity contribution < 1.29 is 19.5 Å². The molecule has 4 nitrogen and oxygen atoms in total. The second kappa shape index (κ2) is 5.35. The van der Waals surface area contributed by atoms with E-state index >= 15 is 0 Å². The Labute approximate surface area is 106 Å². The first kappa shape index (κ1) is 13.4. The van der Waals surface area contributed by atoms with Gasteiger partial charge >= 0.3 is 37.7 Å². The summed E-state index contributed by atoms with van der Waals surface area (Å²) in [5.74, 6) is 0.0466. The van der Waals surface area contributed by atoms with Crippen LogP contribution in [-0.4, -0.2) is 42.8 Å². The van der Waals surface area contributed by atoms with E-state index in [2.05, 4.69) is 0 Å². The fourth-order valence-electron chi connectivity index (χ4n) is 0.825. The van der Waals surface area contributed by atoms with Crippen molar-refractivity contribution in [2.24, 2.45) is 0 Å². The number of rotatable bonds is 2. The maximum atomic E-state index is 10.3. The molecule has 1 N–H and O–H groups in total. The summed E-state index contributed by atoms with van der Waals surface area (Å²) in [7, 11) is -4.48. The summed E-state index contributed by atoms with van der Waals surface area (Å²) in [5.41, 5.74) is 0.390. The molecule has 0 aliphatic heterocycles. The molecule has 0 heterocycles. The number of aromatic hydroxyl groups is 1. The van der Waals surface area contributed by atoms with Crippen molar-refractivity contribution in [3.8, 4) is 5.75 Å². The van der Waals surface area contributed by atoms with Crippen LogP contribution in [0.15, 0.2) is 24.3 Å². The van der Waals surface area contributed by atoms with Gasteiger partial charge in [0.25, 0.3) is 0 Å². The van der Waals surface area contributed by atoms with Gasteiger partial charge in [0.2, 0.25) is 0 Å². The quantitative estimate of drug-likeness (QED) is 0.540. The molecule has 0 spiro atoms. The van der Waals surface area contributed by atoms with E-state index in [0.29, 0.717) is 5.56 Å². The fourth-order valence-corrected chi connectivity index (χ4v) is 1.48. The van der Waals surface area contributed by atoms with E-state index in [1.165, 1.54) is 24.3 Å². The molecule has 13 heavy (non-hydrogen) atoms. The van der Waals surface area contributed by atoms with E-state index in [0.717, 1.165) is 0 Å². The fraction of sp³-hybridized carbons (Fsp3) is 0.143. The van der Waals surface area contributed by atoms with Gasteiger partial charge in [0.05, 0.1) is 0 Å². The Bertz CT molecular complexity index is 305. The van der Waals surface area contributed by atoms with E-state index in [1.807, 2.05) is 0 Å². The zero-order chi connectivity index (χ0) is 9.19. The van der Waals surface area contributed by atoms with E-state index in [4.69, 9.17) is 5.11 Å². The van der Waals surface area contributed by atoms with E-state index < -0.39 is 13.8 Å². The van der Waals surface area contributed by atoms with Crippen LogP contribution in [0.25, 0.3) is 0 Å². The first-order valence-corrected chi connectivity index (χ1v) is 4.99. The van der Waals surface area contributed by atoms with Crippen LogP contribution in [0.2, 0.25) is 0 Å². The number of hydrogen-bond acceptors (Lipinski definition) is 4. The van der Waals surface area contributed by atoms with Gasteiger partial charge in [0.15, 0.2) is 0 Å². The molecule has 0 aromatic heterocycles. The Balaban J connectivity index is 0.00000144. The van der Waals surface area contributed by atoms with Gasteiger partial charge < -0.3 is 19.5 Å². The molecule has 0 atom stereocenters. The number of benzene rings is 1. The van der Waals surface area contributed by atoms with Gasteiger partial charge in [0, 0.05) is 6.16 Å². The average Bonchev–Trinajstić information content (AvgIpc) is 1.91. The molecule has 0 radical (unpaired) electrons. The normalized spacial score (nSPS) is 10.6. The van der Waals surface area contributed by atoms with E-state index in [-0.39, 0.29) is 43.5 Å². The van der Waals surface area contributed by atoms with Gasteiger partial charge in [0.1, 0.15) is 5.75 Å². The molecule has 0 saturated carbocycles. The third-order valence-electron chi connectivity index (χ3n) is 1.31. The Morgan fingerprint density at radius 1 is 1.23 bits per heavy atom. The Kier molecular flexibility index (Phi) is 5.52. The smallest absolute Gasteiger partial charge is 0.810 e. The summed E-state index contributed by atoms with van der Waals surface area (Å²) in [5, 5.41) is 8.83. The van der Waals surface area contributed by atoms with Crippen LogP contribution in [0.5, 0.6) is 5.75 Å². The largest absolute Gasteiger partial charge is 2.00 e. The third-order valence-corrected chi connectivity index (χ3v) is 2.07. The van der Waals surface area contributed by atoms with Crippen molar-refractivity contribution in [3.05, 3.63) is 29.8 Å². The van der Waals surface area contributed by atoms with Gasteiger partial charge in [-0.3, -0.25) is 0 Å². The molecule has 1 aromatic carbocycles. The van der Waals surface area contributed by atoms with Crippen molar-refractivity contribution in [1.29, 1.82) is 0 Å². The van der Waals surface area contributed by atoms with Crippen LogP contribution in [0.1, 0.15) is 5.56 Å². The molecule has 0 amide bonds. The topological polar surface area (TPSA) is 83.4 Å². The van der Waals surface area contributed by atoms with Crippen molar-refractivity contribution in [1.82, 2.24) is 0 Å². The SMILES string of the molecule is O=P([O-])([O-])Cc1ccc(O)cc1.[Ca+2]. The molecule has 0 bridgehead atoms. The van der Waals surface area contributed by atoms with E-state index in [1.54, 1.807) is 0 Å². The van der Waals surface area contributed by atoms with Gasteiger partial charge in [-0.2, -0.15) is 0 Å². The van der Waals surface area contributed by atoms with Crippen LogP contribution in [0.3, 0.4) is 0 Å². The van der Waals surface area contributed by atoms with Crippen molar-refractivity contribution in [3.63, 3.8) is 0 Å². The van der Waals surface area contributed by atoms with Crippen LogP contribution < -0.4 is 9.79 Å². The molecule has 66 valence electrons. The number of phenolic OH excluding ortho intramolecular Hbond substituents is 1. The molecule has 0 aliphatic carbocycles. The minimum atomic E-state index is -4.48. The van der Waals surface area contributed by atoms with Crippen LogP contribution in [0.4, 0.5) is 0 Å². The minimum Gasteiger partial charge on any atom is -0.810 e. The summed E-state index contributed by atoms with van der Waals surface area (Å²) in [6, 6.07) is 5.48. The van der Waals surface area contributed by atoms with Gasteiger partial charge in [-0.05, 0) is 17.7 Å². The van der Waals surface area contributed by atoms with Gasteiger partial charge in [-0.25, -0.2) is 0 Å². The van der Waals surface area contributed by atoms with Crippen molar-refractivity contribution >= 4 is 45.3 Å². The number of hydrogen-bond donors (Lipinski definition) is 1. The first-order chi connectivity index (χ1) is 5.47. The Morgan fingerprint density at radius 2 is 1.69 bits per heavy atom. The standard InChI is InChI=1S/C7H9O4P.Ca/c8-7-3-1-6(2-4-7)5-12(9,10)11;/h1-4,8H,5H2,(H2,9,10,11);/q;+2/p-2. The van der Waals surface area contributed by atoms with Crippen LogP contribution in [-0.2, 0) is 10.7 Å². The first-order valence-electron chi connectivity index (χ1n) is 3.26. The summed E-state index contributed by atoms with van der Waals surface area (Å²) < 4.78 is 10.3. The van der Waals surface area contributed by atoms with Crippen LogP contribution in [0, 0.1) is 0 Å². The van der Waals surface area contributed by atoms with Gasteiger partial charge in [-0.1, -0.05) is 19.7 Å². The molecule has 0 saturated heterocycles. The number of phenols is 1. The monoisotopic (exact) mass is 226 g/mol. The average molecular weight is 226 g/mol. The van der Waals surface area contributed by atoms with Gasteiger partial charge in [-0.15, -0.1) is 0 Å². The van der Waals surface area contributed by atoms with Crippen molar-refractivity contribution in [2.75, 3.05) is 0 Å². The molecular weight excluding hydrogens is 219 g/mol. The summed E-state index contributed by atoms with van der Waals surface area (Å²) >= 11 is 0. The second-order valence-electron chi connectivity index (χ2n) is 2.44. The molecule has 0 fully saturated rings. The molecule has 1 rings (SSSR count). The Morgan fingerprint density at radius 3 is 2.08 bits per heavy atom. The zero-order valence-corrected chi connectivity index (χ0v) is 9.95. The Hall–Kier alpha value is 0.430. The third kappa shape index (κ3) is 5.68. The summed E-state index contributed by atoms with van der Waals surface area (Å²) in [6.07, 6.45) is -0.507. The zero-order valence-electron chi connectivity index (χ0n) is 6.84. The maximum Gasteiger partial charge on any atom is 2.00 e. The maximum absolute atomic E-state index is 10.3. The second-order valence-corrected chi connectivity index (χ2v) is 3.97. The predicted molar refractivity (Wildman–Crippen MR) is 45.2 cm³/mol.